The Balaban J connectivity index is 2.27. The van der Waals surface area contributed by atoms with Gasteiger partial charge >= 0.3 is 6.36 Å². The predicted molar refractivity (Wildman–Crippen MR) is 58.4 cm³/mol. The van der Waals surface area contributed by atoms with E-state index in [9.17, 15) is 18.0 Å². The second-order valence-electron chi connectivity index (χ2n) is 4.15. The van der Waals surface area contributed by atoms with E-state index in [4.69, 9.17) is 0 Å². The first-order valence-corrected chi connectivity index (χ1v) is 5.58. The molecule has 0 aliphatic carbocycles. The summed E-state index contributed by atoms with van der Waals surface area (Å²) in [5, 5.41) is 2.74. The molecule has 6 heteroatoms. The molecule has 1 aromatic rings. The van der Waals surface area contributed by atoms with Crippen LogP contribution in [0.2, 0.25) is 0 Å². The van der Waals surface area contributed by atoms with E-state index in [0.29, 0.717) is 6.42 Å². The Morgan fingerprint density at radius 3 is 2.78 bits per heavy atom. The van der Waals surface area contributed by atoms with Crippen molar-refractivity contribution in [2.24, 2.45) is 0 Å². The molecular weight excluding hydrogens is 247 g/mol. The zero-order chi connectivity index (χ0) is 13.3. The number of alkyl halides is 3. The molecule has 1 N–H and O–H groups in total. The monoisotopic (exact) mass is 259 g/mol. The average Bonchev–Trinajstić information content (AvgIpc) is 2.27. The lowest BCUT2D eigenvalue weighted by molar-refractivity contribution is -0.274. The Labute approximate surface area is 102 Å². The van der Waals surface area contributed by atoms with E-state index in [1.54, 1.807) is 0 Å². The predicted octanol–water partition coefficient (Wildman–Crippen LogP) is 2.65. The molecule has 2 rings (SSSR count). The zero-order valence-corrected chi connectivity index (χ0v) is 9.67. The van der Waals surface area contributed by atoms with Crippen molar-refractivity contribution in [3.8, 4) is 5.75 Å². The van der Waals surface area contributed by atoms with Gasteiger partial charge in [-0.15, -0.1) is 13.2 Å². The molecule has 3 nitrogen and oxygen atoms in total. The first-order valence-electron chi connectivity index (χ1n) is 5.58. The van der Waals surface area contributed by atoms with E-state index in [1.165, 1.54) is 12.1 Å². The number of amides is 1. The van der Waals surface area contributed by atoms with Crippen molar-refractivity contribution < 1.29 is 22.7 Å². The Kier molecular flexibility index (Phi) is 3.19. The number of ether oxygens (including phenoxy) is 1. The molecule has 1 amide bonds. The van der Waals surface area contributed by atoms with Gasteiger partial charge in [-0.3, -0.25) is 4.79 Å². The third-order valence-corrected chi connectivity index (χ3v) is 2.85. The number of fused-ring (bicyclic) bond motifs is 1. The standard InChI is InChI=1S/C12H12F3NO2/c1-2-8-5-7-3-4-9(18-12(13,14)15)6-10(7)11(17)16-8/h3-4,6,8H,2,5H2,1H3,(H,16,17). The third kappa shape index (κ3) is 2.75. The van der Waals surface area contributed by atoms with Crippen molar-refractivity contribution in [1.82, 2.24) is 5.32 Å². The quantitative estimate of drug-likeness (QED) is 0.886. The van der Waals surface area contributed by atoms with Gasteiger partial charge < -0.3 is 10.1 Å². The summed E-state index contributed by atoms with van der Waals surface area (Å²) in [4.78, 5) is 11.7. The van der Waals surface area contributed by atoms with Crippen LogP contribution in [0.25, 0.3) is 0 Å². The molecule has 0 aromatic heterocycles. The number of nitrogens with one attached hydrogen (secondary N) is 1. The summed E-state index contributed by atoms with van der Waals surface area (Å²) in [5.74, 6) is -0.720. The maximum atomic E-state index is 12.1. The van der Waals surface area contributed by atoms with Crippen LogP contribution in [0.1, 0.15) is 29.3 Å². The van der Waals surface area contributed by atoms with Crippen LogP contribution in [0.4, 0.5) is 13.2 Å². The number of hydrogen-bond acceptors (Lipinski definition) is 2. The van der Waals surface area contributed by atoms with Crippen LogP contribution in [0.3, 0.4) is 0 Å². The van der Waals surface area contributed by atoms with Crippen molar-refractivity contribution in [3.63, 3.8) is 0 Å². The van der Waals surface area contributed by atoms with Crippen LogP contribution in [0, 0.1) is 0 Å². The van der Waals surface area contributed by atoms with Crippen LogP contribution < -0.4 is 10.1 Å². The summed E-state index contributed by atoms with van der Waals surface area (Å²) in [6, 6.07) is 3.92. The SMILES string of the molecule is CCC1Cc2ccc(OC(F)(F)F)cc2C(=O)N1. The summed E-state index contributed by atoms with van der Waals surface area (Å²) in [7, 11) is 0. The highest BCUT2D eigenvalue weighted by molar-refractivity contribution is 5.97. The molecule has 0 saturated heterocycles. The van der Waals surface area contributed by atoms with Gasteiger partial charge in [0.25, 0.3) is 5.91 Å². The largest absolute Gasteiger partial charge is 0.573 e. The van der Waals surface area contributed by atoms with E-state index >= 15 is 0 Å². The molecule has 0 spiro atoms. The van der Waals surface area contributed by atoms with Gasteiger partial charge in [0, 0.05) is 11.6 Å². The van der Waals surface area contributed by atoms with Gasteiger partial charge in [-0.2, -0.15) is 0 Å². The molecule has 1 heterocycles. The average molecular weight is 259 g/mol. The van der Waals surface area contributed by atoms with Gasteiger partial charge in [-0.25, -0.2) is 0 Å². The van der Waals surface area contributed by atoms with Crippen molar-refractivity contribution >= 4 is 5.91 Å². The Morgan fingerprint density at radius 2 is 2.17 bits per heavy atom. The van der Waals surface area contributed by atoms with Gasteiger partial charge in [0.2, 0.25) is 0 Å². The molecule has 0 bridgehead atoms. The molecule has 0 radical (unpaired) electrons. The van der Waals surface area contributed by atoms with Crippen LogP contribution >= 0.6 is 0 Å². The minimum absolute atomic E-state index is 0.0411. The number of carbonyl (C=O) groups excluding carboxylic acids is 1. The molecular formula is C12H12F3NO2. The second-order valence-corrected chi connectivity index (χ2v) is 4.15. The number of rotatable bonds is 2. The van der Waals surface area contributed by atoms with Crippen LogP contribution in [-0.4, -0.2) is 18.3 Å². The molecule has 0 fully saturated rings. The van der Waals surface area contributed by atoms with Gasteiger partial charge in [-0.05, 0) is 30.5 Å². The van der Waals surface area contributed by atoms with E-state index < -0.39 is 6.36 Å². The number of carbonyl (C=O) groups is 1. The first kappa shape index (κ1) is 12.7. The van der Waals surface area contributed by atoms with Gasteiger partial charge in [-0.1, -0.05) is 13.0 Å². The fourth-order valence-corrected chi connectivity index (χ4v) is 1.97. The lowest BCUT2D eigenvalue weighted by atomic mass is 9.94. The van der Waals surface area contributed by atoms with Crippen molar-refractivity contribution in [1.29, 1.82) is 0 Å². The third-order valence-electron chi connectivity index (χ3n) is 2.85. The minimum atomic E-state index is -4.74. The highest BCUT2D eigenvalue weighted by atomic mass is 19.4. The van der Waals surface area contributed by atoms with Crippen molar-refractivity contribution in [2.45, 2.75) is 32.2 Å². The molecule has 1 aliphatic heterocycles. The summed E-state index contributed by atoms with van der Waals surface area (Å²) >= 11 is 0. The molecule has 98 valence electrons. The van der Waals surface area contributed by atoms with Crippen LogP contribution in [0.5, 0.6) is 5.75 Å². The van der Waals surface area contributed by atoms with Gasteiger partial charge in [0.15, 0.2) is 0 Å². The first-order chi connectivity index (χ1) is 8.39. The summed E-state index contributed by atoms with van der Waals surface area (Å²) < 4.78 is 40.0. The van der Waals surface area contributed by atoms with E-state index in [2.05, 4.69) is 10.1 Å². The Bertz CT molecular complexity index is 471. The summed E-state index contributed by atoms with van der Waals surface area (Å²) in [5.41, 5.74) is 1.00. The van der Waals surface area contributed by atoms with E-state index in [-0.39, 0.29) is 23.3 Å². The van der Waals surface area contributed by atoms with Gasteiger partial charge in [0.05, 0.1) is 0 Å². The summed E-state index contributed by atoms with van der Waals surface area (Å²) in [6.45, 7) is 1.94. The van der Waals surface area contributed by atoms with Crippen molar-refractivity contribution in [3.05, 3.63) is 29.3 Å². The van der Waals surface area contributed by atoms with E-state index in [1.807, 2.05) is 6.92 Å². The minimum Gasteiger partial charge on any atom is -0.406 e. The number of hydrogen-bond donors (Lipinski definition) is 1. The van der Waals surface area contributed by atoms with Crippen LogP contribution in [0.15, 0.2) is 18.2 Å². The number of halogens is 3. The maximum absolute atomic E-state index is 12.1. The zero-order valence-electron chi connectivity index (χ0n) is 9.67. The smallest absolute Gasteiger partial charge is 0.406 e. The maximum Gasteiger partial charge on any atom is 0.573 e. The molecule has 0 saturated carbocycles. The van der Waals surface area contributed by atoms with Gasteiger partial charge in [0.1, 0.15) is 5.75 Å². The summed E-state index contributed by atoms with van der Waals surface area (Å²) in [6.07, 6.45) is -3.33. The fourth-order valence-electron chi connectivity index (χ4n) is 1.97. The topological polar surface area (TPSA) is 38.3 Å². The lowest BCUT2D eigenvalue weighted by Crippen LogP contribution is -2.40. The normalized spacial score (nSPS) is 19.1. The fraction of sp³-hybridized carbons (Fsp3) is 0.417. The highest BCUT2D eigenvalue weighted by Crippen LogP contribution is 2.27. The molecule has 18 heavy (non-hydrogen) atoms. The Morgan fingerprint density at radius 1 is 1.44 bits per heavy atom. The van der Waals surface area contributed by atoms with Crippen LogP contribution in [-0.2, 0) is 6.42 Å². The number of benzene rings is 1. The lowest BCUT2D eigenvalue weighted by Gasteiger charge is -2.25. The molecule has 1 unspecified atom stereocenters. The second kappa shape index (κ2) is 4.51. The molecule has 1 atom stereocenters. The van der Waals surface area contributed by atoms with E-state index in [0.717, 1.165) is 18.1 Å². The molecule has 1 aliphatic rings. The molecule has 1 aromatic carbocycles. The van der Waals surface area contributed by atoms with Crippen molar-refractivity contribution in [2.75, 3.05) is 0 Å². The highest BCUT2D eigenvalue weighted by Gasteiger charge is 2.32. The Hall–Kier alpha value is -1.72.